The van der Waals surface area contributed by atoms with E-state index in [4.69, 9.17) is 28.4 Å². The summed E-state index contributed by atoms with van der Waals surface area (Å²) in [6.07, 6.45) is -6.93. The van der Waals surface area contributed by atoms with Gasteiger partial charge in [0.1, 0.15) is 18.3 Å². The highest BCUT2D eigenvalue weighted by atomic mass is 16.7. The van der Waals surface area contributed by atoms with Crippen LogP contribution in [0.25, 0.3) is 0 Å². The summed E-state index contributed by atoms with van der Waals surface area (Å²) in [4.78, 5) is 50.1. The van der Waals surface area contributed by atoms with Gasteiger partial charge in [-0.05, 0) is 20.8 Å². The summed E-state index contributed by atoms with van der Waals surface area (Å²) in [5.74, 6) is -2.63. The van der Waals surface area contributed by atoms with Crippen LogP contribution >= 0.6 is 0 Å². The molecule has 2 aliphatic heterocycles. The maximum absolute atomic E-state index is 13.2. The third-order valence-electron chi connectivity index (χ3n) is 5.03. The lowest BCUT2D eigenvalue weighted by atomic mass is 9.98. The van der Waals surface area contributed by atoms with Crippen LogP contribution in [0, 0.1) is 0 Å². The van der Waals surface area contributed by atoms with Crippen molar-refractivity contribution in [3.8, 4) is 0 Å². The average molecular weight is 445 g/mol. The molecule has 0 saturated carbocycles. The second-order valence-electron chi connectivity index (χ2n) is 7.33. The van der Waals surface area contributed by atoms with Crippen molar-refractivity contribution in [2.75, 3.05) is 19.7 Å². The van der Waals surface area contributed by atoms with E-state index in [1.807, 2.05) is 0 Å². The summed E-state index contributed by atoms with van der Waals surface area (Å²) in [5, 5.41) is 0. The first-order valence-electron chi connectivity index (χ1n) is 10.3. The predicted molar refractivity (Wildman–Crippen MR) is 104 cm³/mol. The zero-order valence-corrected chi connectivity index (χ0v) is 18.7. The van der Waals surface area contributed by atoms with Crippen LogP contribution in [0.1, 0.15) is 41.5 Å². The number of ether oxygens (including phenoxy) is 6. The van der Waals surface area contributed by atoms with Gasteiger partial charge in [0.15, 0.2) is 18.5 Å². The summed E-state index contributed by atoms with van der Waals surface area (Å²) in [5.41, 5.74) is 0. The molecule has 2 aliphatic rings. The van der Waals surface area contributed by atoms with Crippen LogP contribution in [0.5, 0.6) is 0 Å². The minimum absolute atomic E-state index is 0.148. The number of carbonyl (C=O) groups excluding carboxylic acids is 4. The van der Waals surface area contributed by atoms with Gasteiger partial charge in [-0.15, -0.1) is 0 Å². The molecular weight excluding hydrogens is 414 g/mol. The molecule has 11 heteroatoms. The predicted octanol–water partition coefficient (Wildman–Crippen LogP) is 0.179. The van der Waals surface area contributed by atoms with Crippen LogP contribution in [0.2, 0.25) is 0 Å². The van der Waals surface area contributed by atoms with Crippen LogP contribution < -0.4 is 0 Å². The second-order valence-corrected chi connectivity index (χ2v) is 7.33. The smallest absolute Gasteiger partial charge is 0.303 e. The monoisotopic (exact) mass is 445 g/mol. The Kier molecular flexibility index (Phi) is 8.78. The van der Waals surface area contributed by atoms with Crippen molar-refractivity contribution in [2.24, 2.45) is 0 Å². The molecular formula is C20H31NO10. The van der Waals surface area contributed by atoms with Crippen LogP contribution in [-0.2, 0) is 47.6 Å². The van der Waals surface area contributed by atoms with E-state index >= 15 is 0 Å². The Bertz CT molecular complexity index is 679. The summed E-state index contributed by atoms with van der Waals surface area (Å²) >= 11 is 0. The summed E-state index contributed by atoms with van der Waals surface area (Å²) in [6.45, 7) is 9.58. The van der Waals surface area contributed by atoms with Crippen molar-refractivity contribution in [3.63, 3.8) is 0 Å². The molecule has 11 nitrogen and oxygen atoms in total. The Morgan fingerprint density at radius 3 is 2.10 bits per heavy atom. The fourth-order valence-electron chi connectivity index (χ4n) is 3.78. The van der Waals surface area contributed by atoms with Gasteiger partial charge in [-0.1, -0.05) is 0 Å². The van der Waals surface area contributed by atoms with Crippen LogP contribution in [0.15, 0.2) is 0 Å². The average Bonchev–Trinajstić information content (AvgIpc) is 3.02. The largest absolute Gasteiger partial charge is 0.457 e. The molecule has 0 radical (unpaired) electrons. The Morgan fingerprint density at radius 1 is 0.968 bits per heavy atom. The van der Waals surface area contributed by atoms with E-state index < -0.39 is 66.7 Å². The molecule has 2 rings (SSSR count). The Morgan fingerprint density at radius 2 is 1.58 bits per heavy atom. The van der Waals surface area contributed by atoms with E-state index in [1.54, 1.807) is 20.8 Å². The summed E-state index contributed by atoms with van der Waals surface area (Å²) in [6, 6.07) is 0. The number of rotatable bonds is 8. The topological polar surface area (TPSA) is 127 Å². The van der Waals surface area contributed by atoms with E-state index in [0.29, 0.717) is 13.1 Å². The van der Waals surface area contributed by atoms with E-state index in [0.717, 1.165) is 13.8 Å². The molecule has 2 saturated heterocycles. The maximum Gasteiger partial charge on any atom is 0.303 e. The number of fused-ring (bicyclic) bond motifs is 1. The highest BCUT2D eigenvalue weighted by molar-refractivity contribution is 5.84. The normalized spacial score (nSPS) is 29.3. The third kappa shape index (κ3) is 6.14. The lowest BCUT2D eigenvalue weighted by molar-refractivity contribution is -0.241. The van der Waals surface area contributed by atoms with Crippen molar-refractivity contribution in [1.82, 2.24) is 4.90 Å². The van der Waals surface area contributed by atoms with Gasteiger partial charge >= 0.3 is 17.9 Å². The standard InChI is InChI=1S/C20H31NO10/c1-7-21(8-2)20(25)19(29-12(5)24)18(28-11(4)23)17-16(27-10(3)22)15-14(31-17)9-26-13(6)30-15/h13-19H,7-9H2,1-6H3/t13-,14+,15-,16-,17+,18-,19-/m0/s1. The second kappa shape index (κ2) is 10.9. The van der Waals surface area contributed by atoms with Gasteiger partial charge < -0.3 is 33.3 Å². The first-order valence-corrected chi connectivity index (χ1v) is 10.3. The molecule has 176 valence electrons. The number of hydrogen-bond donors (Lipinski definition) is 0. The highest BCUT2D eigenvalue weighted by Gasteiger charge is 2.57. The van der Waals surface area contributed by atoms with E-state index in [9.17, 15) is 19.2 Å². The molecule has 0 aliphatic carbocycles. The first kappa shape index (κ1) is 25.0. The van der Waals surface area contributed by atoms with Crippen molar-refractivity contribution in [2.45, 2.75) is 84.5 Å². The lowest BCUT2D eigenvalue weighted by Gasteiger charge is -2.34. The van der Waals surface area contributed by atoms with Gasteiger partial charge in [-0.25, -0.2) is 0 Å². The Balaban J connectivity index is 2.46. The van der Waals surface area contributed by atoms with Gasteiger partial charge in [0.05, 0.1) is 6.61 Å². The van der Waals surface area contributed by atoms with Gasteiger partial charge in [0, 0.05) is 33.9 Å². The molecule has 1 amide bonds. The molecule has 0 aromatic carbocycles. The van der Waals surface area contributed by atoms with Crippen LogP contribution in [0.3, 0.4) is 0 Å². The summed E-state index contributed by atoms with van der Waals surface area (Å²) < 4.78 is 33.4. The number of hydrogen-bond acceptors (Lipinski definition) is 10. The molecule has 0 N–H and O–H groups in total. The summed E-state index contributed by atoms with van der Waals surface area (Å²) in [7, 11) is 0. The zero-order valence-electron chi connectivity index (χ0n) is 18.7. The van der Waals surface area contributed by atoms with E-state index in [2.05, 4.69) is 0 Å². The van der Waals surface area contributed by atoms with Gasteiger partial charge in [-0.2, -0.15) is 0 Å². The van der Waals surface area contributed by atoms with Crippen molar-refractivity contribution >= 4 is 23.8 Å². The third-order valence-corrected chi connectivity index (χ3v) is 5.03. The maximum atomic E-state index is 13.2. The molecule has 0 spiro atoms. The quantitative estimate of drug-likeness (QED) is 0.377. The number of amides is 1. The van der Waals surface area contributed by atoms with E-state index in [-0.39, 0.29) is 6.61 Å². The first-order chi connectivity index (χ1) is 14.6. The van der Waals surface area contributed by atoms with Crippen LogP contribution in [-0.4, -0.2) is 91.3 Å². The molecule has 7 atom stereocenters. The fourth-order valence-corrected chi connectivity index (χ4v) is 3.78. The fraction of sp³-hybridized carbons (Fsp3) is 0.800. The zero-order chi connectivity index (χ0) is 23.3. The minimum Gasteiger partial charge on any atom is -0.457 e. The molecule has 2 heterocycles. The number of likely N-dealkylation sites (N-methyl/N-ethyl adjacent to an activating group) is 1. The number of nitrogens with zero attached hydrogens (tertiary/aromatic N) is 1. The van der Waals surface area contributed by atoms with Gasteiger partial charge in [0.25, 0.3) is 5.91 Å². The Hall–Kier alpha value is -2.24. The van der Waals surface area contributed by atoms with Crippen molar-refractivity contribution < 1.29 is 47.6 Å². The lowest BCUT2D eigenvalue weighted by Crippen LogP contribution is -2.56. The minimum atomic E-state index is -1.50. The highest BCUT2D eigenvalue weighted by Crippen LogP contribution is 2.35. The number of esters is 3. The van der Waals surface area contributed by atoms with Gasteiger partial charge in [-0.3, -0.25) is 19.2 Å². The van der Waals surface area contributed by atoms with Gasteiger partial charge in [0.2, 0.25) is 6.10 Å². The van der Waals surface area contributed by atoms with Crippen molar-refractivity contribution in [3.05, 3.63) is 0 Å². The van der Waals surface area contributed by atoms with E-state index in [1.165, 1.54) is 11.8 Å². The molecule has 31 heavy (non-hydrogen) atoms. The SMILES string of the molecule is CCN(CC)C(=O)[C@@H](OC(C)=O)[C@@H](OC(C)=O)[C@@H]1O[C@@H]2CO[C@H](C)O[C@@H]2[C@@H]1OC(C)=O. The molecule has 0 aromatic rings. The Labute approximate surface area is 181 Å². The number of carbonyl (C=O) groups is 4. The van der Waals surface area contributed by atoms with Crippen LogP contribution in [0.4, 0.5) is 0 Å². The molecule has 0 bridgehead atoms. The molecule has 0 unspecified atom stereocenters. The van der Waals surface area contributed by atoms with Crippen molar-refractivity contribution in [1.29, 1.82) is 0 Å². The molecule has 0 aromatic heterocycles. The molecule has 2 fully saturated rings.